The number of hydrazone groups is 1. The van der Waals surface area contributed by atoms with Crippen molar-refractivity contribution in [2.75, 3.05) is 0 Å². The number of rotatable bonds is 7. The van der Waals surface area contributed by atoms with Crippen LogP contribution in [0.3, 0.4) is 0 Å². The van der Waals surface area contributed by atoms with Gasteiger partial charge in [-0.15, -0.1) is 0 Å². The van der Waals surface area contributed by atoms with Gasteiger partial charge in [-0.2, -0.15) is 13.5 Å². The maximum atomic E-state index is 12.8. The Labute approximate surface area is 189 Å². The van der Waals surface area contributed by atoms with Crippen molar-refractivity contribution in [2.45, 2.75) is 17.2 Å². The molecule has 1 N–H and O–H groups in total. The predicted molar refractivity (Wildman–Crippen MR) is 129 cm³/mol. The smallest absolute Gasteiger partial charge is 0.200 e. The highest BCUT2D eigenvalue weighted by Gasteiger charge is 2.35. The molecule has 4 rings (SSSR count). The van der Waals surface area contributed by atoms with E-state index < -0.39 is 15.4 Å². The molecular weight excluding hydrogens is 416 g/mol. The third kappa shape index (κ3) is 4.34. The molecule has 32 heavy (non-hydrogen) atoms. The summed E-state index contributed by atoms with van der Waals surface area (Å²) in [6.45, 7) is 1.91. The fourth-order valence-electron chi connectivity index (χ4n) is 3.79. The number of hydrogen-bond acceptors (Lipinski definition) is 3. The van der Waals surface area contributed by atoms with Crippen LogP contribution < -0.4 is 4.83 Å². The molecule has 0 aromatic heterocycles. The van der Waals surface area contributed by atoms with Gasteiger partial charge in [0.1, 0.15) is 0 Å². The molecule has 4 aromatic rings. The van der Waals surface area contributed by atoms with Gasteiger partial charge in [0, 0.05) is 6.21 Å². The Kier molecular flexibility index (Phi) is 6.19. The van der Waals surface area contributed by atoms with Crippen LogP contribution >= 0.6 is 0 Å². The second-order valence-corrected chi connectivity index (χ2v) is 9.23. The maximum Gasteiger partial charge on any atom is 0.276 e. The van der Waals surface area contributed by atoms with Crippen molar-refractivity contribution < 1.29 is 8.42 Å². The minimum atomic E-state index is -3.79. The number of hydrogen-bond donors (Lipinski definition) is 1. The third-order valence-corrected chi connectivity index (χ3v) is 6.69. The number of nitrogens with zero attached hydrogens (tertiary/aromatic N) is 1. The van der Waals surface area contributed by atoms with E-state index in [9.17, 15) is 8.42 Å². The van der Waals surface area contributed by atoms with Gasteiger partial charge in [0.2, 0.25) is 0 Å². The van der Waals surface area contributed by atoms with E-state index in [0.717, 1.165) is 22.3 Å². The molecule has 4 nitrogen and oxygen atoms in total. The molecule has 0 aliphatic heterocycles. The first-order valence-electron chi connectivity index (χ1n) is 10.3. The Balaban J connectivity index is 1.83. The summed E-state index contributed by atoms with van der Waals surface area (Å²) in [7, 11) is -3.79. The van der Waals surface area contributed by atoms with Crippen LogP contribution in [0.25, 0.3) is 0 Å². The first-order valence-corrected chi connectivity index (χ1v) is 11.8. The molecule has 4 aromatic carbocycles. The molecule has 0 saturated carbocycles. The Morgan fingerprint density at radius 1 is 0.656 bits per heavy atom. The third-order valence-electron chi connectivity index (χ3n) is 5.45. The van der Waals surface area contributed by atoms with E-state index in [0.29, 0.717) is 0 Å². The summed E-state index contributed by atoms with van der Waals surface area (Å²) in [5.41, 5.74) is 3.16. The highest BCUT2D eigenvalue weighted by molar-refractivity contribution is 7.89. The van der Waals surface area contributed by atoms with E-state index in [1.54, 1.807) is 30.5 Å². The van der Waals surface area contributed by atoms with Gasteiger partial charge in [0.05, 0.1) is 10.3 Å². The number of aryl methyl sites for hydroxylation is 1. The minimum Gasteiger partial charge on any atom is -0.200 e. The van der Waals surface area contributed by atoms with Gasteiger partial charge >= 0.3 is 0 Å². The second-order valence-electron chi connectivity index (χ2n) is 7.57. The summed E-state index contributed by atoms with van der Waals surface area (Å²) in [6, 6.07) is 36.6. The molecule has 0 fully saturated rings. The monoisotopic (exact) mass is 440 g/mol. The summed E-state index contributed by atoms with van der Waals surface area (Å²) in [4.78, 5) is 2.57. The van der Waals surface area contributed by atoms with Crippen molar-refractivity contribution in [2.24, 2.45) is 5.10 Å². The van der Waals surface area contributed by atoms with E-state index in [4.69, 9.17) is 0 Å². The maximum absolute atomic E-state index is 12.8. The average molecular weight is 441 g/mol. The minimum absolute atomic E-state index is 0.171. The van der Waals surface area contributed by atoms with E-state index in [1.807, 2.05) is 97.9 Å². The van der Waals surface area contributed by atoms with Crippen LogP contribution in [0.1, 0.15) is 22.3 Å². The zero-order valence-electron chi connectivity index (χ0n) is 17.7. The number of sulfonamides is 1. The lowest BCUT2D eigenvalue weighted by atomic mass is 9.70. The van der Waals surface area contributed by atoms with Crippen LogP contribution in [0.15, 0.2) is 125 Å². The van der Waals surface area contributed by atoms with E-state index >= 15 is 0 Å². The van der Waals surface area contributed by atoms with Gasteiger partial charge in [0.15, 0.2) is 0 Å². The van der Waals surface area contributed by atoms with Crippen LogP contribution in [0, 0.1) is 6.92 Å². The van der Waals surface area contributed by atoms with Gasteiger partial charge in [-0.25, -0.2) is 4.83 Å². The summed E-state index contributed by atoms with van der Waals surface area (Å²) in [6.07, 6.45) is 1.68. The van der Waals surface area contributed by atoms with Gasteiger partial charge in [0.25, 0.3) is 10.0 Å². The fraction of sp³-hybridized carbons (Fsp3) is 0.0741. The highest BCUT2D eigenvalue weighted by atomic mass is 32.2. The van der Waals surface area contributed by atoms with Crippen LogP contribution in [0.2, 0.25) is 0 Å². The number of nitrogens with one attached hydrogen (secondary N) is 1. The quantitative estimate of drug-likeness (QED) is 0.241. The highest BCUT2D eigenvalue weighted by Crippen LogP contribution is 2.37. The van der Waals surface area contributed by atoms with Crippen molar-refractivity contribution in [3.05, 3.63) is 138 Å². The van der Waals surface area contributed by atoms with Crippen molar-refractivity contribution in [3.63, 3.8) is 0 Å². The van der Waals surface area contributed by atoms with Gasteiger partial charge in [-0.3, -0.25) is 0 Å². The summed E-state index contributed by atoms with van der Waals surface area (Å²) in [5.74, 6) is 0. The lowest BCUT2D eigenvalue weighted by Gasteiger charge is -2.32. The van der Waals surface area contributed by atoms with Crippen molar-refractivity contribution >= 4 is 16.2 Å². The Hall–Kier alpha value is -3.70. The predicted octanol–water partition coefficient (Wildman–Crippen LogP) is 5.29. The Bertz CT molecular complexity index is 1190. The Morgan fingerprint density at radius 3 is 1.47 bits per heavy atom. The van der Waals surface area contributed by atoms with Gasteiger partial charge < -0.3 is 0 Å². The molecular formula is C27H24N2O2S. The molecule has 0 atom stereocenters. The molecule has 5 heteroatoms. The lowest BCUT2D eigenvalue weighted by molar-refractivity contribution is 0.584. The molecule has 0 amide bonds. The van der Waals surface area contributed by atoms with Crippen LogP contribution in [-0.4, -0.2) is 14.6 Å². The van der Waals surface area contributed by atoms with E-state index in [-0.39, 0.29) is 4.90 Å². The fourth-order valence-corrected chi connectivity index (χ4v) is 4.58. The normalized spacial score (nSPS) is 12.0. The van der Waals surface area contributed by atoms with Crippen molar-refractivity contribution in [3.8, 4) is 0 Å². The zero-order chi connectivity index (χ0) is 22.4. The molecule has 0 saturated heterocycles. The van der Waals surface area contributed by atoms with Crippen LogP contribution in [0.4, 0.5) is 0 Å². The van der Waals surface area contributed by atoms with E-state index in [1.165, 1.54) is 0 Å². The largest absolute Gasteiger partial charge is 0.276 e. The molecule has 0 aliphatic rings. The number of benzene rings is 4. The van der Waals surface area contributed by atoms with Crippen LogP contribution in [0.5, 0.6) is 0 Å². The molecule has 0 heterocycles. The van der Waals surface area contributed by atoms with Crippen molar-refractivity contribution in [1.29, 1.82) is 0 Å². The summed E-state index contributed by atoms with van der Waals surface area (Å²) >= 11 is 0. The average Bonchev–Trinajstić information content (AvgIpc) is 2.84. The van der Waals surface area contributed by atoms with Crippen LogP contribution in [-0.2, 0) is 15.4 Å². The molecule has 0 radical (unpaired) electrons. The standard InChI is InChI=1S/C27H24N2O2S/c1-22-17-19-26(20-18-22)32(30,31)29-28-21-27(23-11-5-2-6-12-23,24-13-7-3-8-14-24)25-15-9-4-10-16-25/h2-21,29H,1H3. The second kappa shape index (κ2) is 9.20. The topological polar surface area (TPSA) is 58.5 Å². The molecule has 0 bridgehead atoms. The van der Waals surface area contributed by atoms with Gasteiger partial charge in [-0.1, -0.05) is 109 Å². The van der Waals surface area contributed by atoms with Gasteiger partial charge in [-0.05, 0) is 35.7 Å². The molecule has 160 valence electrons. The molecule has 0 spiro atoms. The van der Waals surface area contributed by atoms with Crippen molar-refractivity contribution in [1.82, 2.24) is 4.83 Å². The SMILES string of the molecule is Cc1ccc(S(=O)(=O)NN=CC(c2ccccc2)(c2ccccc2)c2ccccc2)cc1. The first kappa shape index (κ1) is 21.5. The molecule has 0 unspecified atom stereocenters. The first-order chi connectivity index (χ1) is 15.5. The summed E-state index contributed by atoms with van der Waals surface area (Å²) in [5, 5.41) is 4.28. The lowest BCUT2D eigenvalue weighted by Crippen LogP contribution is -2.32. The summed E-state index contributed by atoms with van der Waals surface area (Å²) < 4.78 is 25.6. The molecule has 0 aliphatic carbocycles. The van der Waals surface area contributed by atoms with E-state index in [2.05, 4.69) is 9.93 Å². The zero-order valence-corrected chi connectivity index (χ0v) is 18.5. The Morgan fingerprint density at radius 2 is 1.06 bits per heavy atom.